The number of nitrogens with zero attached hydrogens (tertiary/aromatic N) is 3. The molecule has 4 atom stereocenters. The lowest BCUT2D eigenvalue weighted by atomic mass is 9.75. The van der Waals surface area contributed by atoms with Crippen LogP contribution in [0.1, 0.15) is 31.7 Å². The smallest absolute Gasteiger partial charge is 0.266 e. The number of carbonyl (C=O) groups is 2. The summed E-state index contributed by atoms with van der Waals surface area (Å²) in [5.41, 5.74) is 1.20. The largest absolute Gasteiger partial charge is 0.497 e. The fourth-order valence-corrected chi connectivity index (χ4v) is 6.93. The highest BCUT2D eigenvalue weighted by Crippen LogP contribution is 2.56. The van der Waals surface area contributed by atoms with Crippen molar-refractivity contribution in [2.24, 2.45) is 17.8 Å². The maximum absolute atomic E-state index is 14.5. The summed E-state index contributed by atoms with van der Waals surface area (Å²) in [6.45, 7) is 4.21. The summed E-state index contributed by atoms with van der Waals surface area (Å²) in [6.07, 6.45) is 0.688. The summed E-state index contributed by atoms with van der Waals surface area (Å²) in [6, 6.07) is 21.6. The van der Waals surface area contributed by atoms with Crippen LogP contribution in [0.3, 0.4) is 0 Å². The number of amides is 2. The van der Waals surface area contributed by atoms with E-state index >= 15 is 0 Å². The van der Waals surface area contributed by atoms with Gasteiger partial charge in [-0.1, -0.05) is 50.2 Å². The normalized spacial score (nSPS) is 25.0. The van der Waals surface area contributed by atoms with Crippen LogP contribution in [0.2, 0.25) is 0 Å². The maximum Gasteiger partial charge on any atom is 0.266 e. The van der Waals surface area contributed by atoms with E-state index in [4.69, 9.17) is 9.72 Å². The van der Waals surface area contributed by atoms with Crippen molar-refractivity contribution < 1.29 is 14.3 Å². The first-order chi connectivity index (χ1) is 18.9. The molecule has 4 aromatic rings. The van der Waals surface area contributed by atoms with E-state index in [9.17, 15) is 14.4 Å². The molecule has 0 aliphatic carbocycles. The van der Waals surface area contributed by atoms with Gasteiger partial charge in [0.1, 0.15) is 17.1 Å². The number of carbonyl (C=O) groups excluding carboxylic acids is 2. The molecule has 2 unspecified atom stereocenters. The quantitative estimate of drug-likeness (QED) is 0.412. The van der Waals surface area contributed by atoms with Crippen molar-refractivity contribution in [2.45, 2.75) is 31.8 Å². The topological polar surface area (TPSA) is 93.5 Å². The molecule has 39 heavy (non-hydrogen) atoms. The number of imide groups is 1. The van der Waals surface area contributed by atoms with E-state index in [1.807, 2.05) is 42.5 Å². The van der Waals surface area contributed by atoms with Crippen molar-refractivity contribution in [2.75, 3.05) is 12.0 Å². The van der Waals surface area contributed by atoms with Crippen molar-refractivity contribution in [1.29, 1.82) is 0 Å². The van der Waals surface area contributed by atoms with E-state index in [0.717, 1.165) is 5.56 Å². The average molecular weight is 521 g/mol. The minimum absolute atomic E-state index is 0.188. The van der Waals surface area contributed by atoms with Gasteiger partial charge in [-0.2, -0.15) is 0 Å². The minimum Gasteiger partial charge on any atom is -0.497 e. The van der Waals surface area contributed by atoms with Crippen LogP contribution < -0.4 is 20.5 Å². The Bertz CT molecular complexity index is 1740. The van der Waals surface area contributed by atoms with Gasteiger partial charge in [-0.15, -0.1) is 0 Å². The Morgan fingerprint density at radius 3 is 2.54 bits per heavy atom. The Morgan fingerprint density at radius 2 is 1.74 bits per heavy atom. The van der Waals surface area contributed by atoms with Crippen molar-refractivity contribution in [3.8, 4) is 11.4 Å². The van der Waals surface area contributed by atoms with Crippen molar-refractivity contribution in [1.82, 2.24) is 14.9 Å². The van der Waals surface area contributed by atoms with Crippen LogP contribution in [-0.4, -0.2) is 34.5 Å². The third-order valence-corrected chi connectivity index (χ3v) is 8.40. The van der Waals surface area contributed by atoms with Crippen LogP contribution in [0.25, 0.3) is 16.6 Å². The van der Waals surface area contributed by atoms with Gasteiger partial charge in [-0.05, 0) is 42.7 Å². The molecule has 1 spiro atoms. The van der Waals surface area contributed by atoms with Gasteiger partial charge < -0.3 is 4.74 Å². The molecule has 3 aromatic carbocycles. The molecule has 7 rings (SSSR count). The highest BCUT2D eigenvalue weighted by atomic mass is 16.5. The van der Waals surface area contributed by atoms with Gasteiger partial charge in [0.15, 0.2) is 0 Å². The zero-order valence-electron chi connectivity index (χ0n) is 21.9. The van der Waals surface area contributed by atoms with Crippen LogP contribution >= 0.6 is 0 Å². The molecular formula is C31H28N4O4. The fourth-order valence-electron chi connectivity index (χ4n) is 6.93. The molecule has 0 radical (unpaired) electrons. The summed E-state index contributed by atoms with van der Waals surface area (Å²) in [5, 5.41) is 4.25. The average Bonchev–Trinajstić information content (AvgIpc) is 3.51. The number of anilines is 1. The number of ether oxygens (including phenoxy) is 1. The number of rotatable bonds is 4. The number of hydrogen-bond donors (Lipinski definition) is 1. The first kappa shape index (κ1) is 23.8. The molecule has 1 aromatic heterocycles. The van der Waals surface area contributed by atoms with Crippen LogP contribution in [0, 0.1) is 17.8 Å². The number of benzene rings is 3. The molecule has 2 fully saturated rings. The molecule has 4 heterocycles. The Balaban J connectivity index is 1.51. The second-order valence-electron chi connectivity index (χ2n) is 11.0. The summed E-state index contributed by atoms with van der Waals surface area (Å²) < 4.78 is 7.01. The molecule has 2 saturated heterocycles. The van der Waals surface area contributed by atoms with Crippen LogP contribution in [0.5, 0.6) is 5.75 Å². The minimum atomic E-state index is -1.13. The van der Waals surface area contributed by atoms with E-state index in [1.54, 1.807) is 42.0 Å². The van der Waals surface area contributed by atoms with Gasteiger partial charge in [0.05, 0.1) is 41.2 Å². The molecular weight excluding hydrogens is 492 g/mol. The van der Waals surface area contributed by atoms with Gasteiger partial charge in [0, 0.05) is 17.7 Å². The third kappa shape index (κ3) is 3.09. The van der Waals surface area contributed by atoms with E-state index in [0.29, 0.717) is 40.3 Å². The van der Waals surface area contributed by atoms with E-state index < -0.39 is 17.4 Å². The lowest BCUT2D eigenvalue weighted by Crippen LogP contribution is -2.50. The highest BCUT2D eigenvalue weighted by Gasteiger charge is 2.69. The summed E-state index contributed by atoms with van der Waals surface area (Å²) in [7, 11) is 1.55. The second-order valence-corrected chi connectivity index (χ2v) is 11.0. The molecule has 0 bridgehead atoms. The predicted octanol–water partition coefficient (Wildman–Crippen LogP) is 3.78. The lowest BCUT2D eigenvalue weighted by Gasteiger charge is -2.32. The Labute approximate surface area is 225 Å². The Kier molecular flexibility index (Phi) is 5.09. The number of fused-ring (bicyclic) bond motifs is 8. The number of nitrogens with one attached hydrogen (secondary N) is 1. The monoisotopic (exact) mass is 520 g/mol. The Morgan fingerprint density at radius 1 is 0.974 bits per heavy atom. The van der Waals surface area contributed by atoms with Gasteiger partial charge in [-0.25, -0.2) is 9.88 Å². The highest BCUT2D eigenvalue weighted by molar-refractivity contribution is 6.23. The van der Waals surface area contributed by atoms with Crippen molar-refractivity contribution in [3.05, 3.63) is 94.5 Å². The maximum atomic E-state index is 14.5. The summed E-state index contributed by atoms with van der Waals surface area (Å²) >= 11 is 0. The molecule has 2 amide bonds. The predicted molar refractivity (Wildman–Crippen MR) is 147 cm³/mol. The Hall–Kier alpha value is -4.30. The molecule has 8 nitrogen and oxygen atoms in total. The van der Waals surface area contributed by atoms with Gasteiger partial charge in [0.25, 0.3) is 5.56 Å². The number of hydrogen-bond acceptors (Lipinski definition) is 6. The molecule has 3 aliphatic heterocycles. The SMILES string of the molecule is COc1cccc(N2C(=O)[C@H]3C(CC(C)C)NC4(c5ccccc5-n5c4nc4ccccc4c5=O)[C@H]3C2=O)c1. The lowest BCUT2D eigenvalue weighted by molar-refractivity contribution is -0.123. The molecule has 1 N–H and O–H groups in total. The van der Waals surface area contributed by atoms with Crippen LogP contribution in [0.4, 0.5) is 5.69 Å². The van der Waals surface area contributed by atoms with Gasteiger partial charge >= 0.3 is 0 Å². The third-order valence-electron chi connectivity index (χ3n) is 8.40. The van der Waals surface area contributed by atoms with Crippen LogP contribution in [0.15, 0.2) is 77.6 Å². The van der Waals surface area contributed by atoms with E-state index in [2.05, 4.69) is 19.2 Å². The zero-order chi connectivity index (χ0) is 27.1. The number of methoxy groups -OCH3 is 1. The molecule has 3 aliphatic rings. The fraction of sp³-hybridized carbons (Fsp3) is 0.290. The molecule has 8 heteroatoms. The van der Waals surface area contributed by atoms with E-state index in [1.165, 1.54) is 4.90 Å². The second kappa shape index (κ2) is 8.35. The van der Waals surface area contributed by atoms with Crippen LogP contribution in [-0.2, 0) is 15.1 Å². The van der Waals surface area contributed by atoms with Gasteiger partial charge in [0.2, 0.25) is 11.8 Å². The number of aromatic nitrogens is 2. The first-order valence-corrected chi connectivity index (χ1v) is 13.3. The van der Waals surface area contributed by atoms with E-state index in [-0.39, 0.29) is 29.3 Å². The summed E-state index contributed by atoms with van der Waals surface area (Å²) in [4.78, 5) is 48.9. The standard InChI is InChI=1S/C31H28N4O4/c1-17(2)15-23-25-26(29(38)34(28(25)37)18-9-8-10-19(16-18)39-3)31(33-23)21-12-5-7-14-24(21)35-27(36)20-11-4-6-13-22(20)32-30(31)35/h4-14,16-17,23,25-26,33H,15H2,1-3H3/t23?,25-,26+,31?/m0/s1. The van der Waals surface area contributed by atoms with Gasteiger partial charge in [-0.3, -0.25) is 24.3 Å². The summed E-state index contributed by atoms with van der Waals surface area (Å²) in [5.74, 6) is -0.641. The van der Waals surface area contributed by atoms with Crippen molar-refractivity contribution >= 4 is 28.4 Å². The molecule has 196 valence electrons. The zero-order valence-corrected chi connectivity index (χ0v) is 21.9. The first-order valence-electron chi connectivity index (χ1n) is 13.3. The number of para-hydroxylation sites is 2. The van der Waals surface area contributed by atoms with Crippen molar-refractivity contribution in [3.63, 3.8) is 0 Å². The molecule has 0 saturated carbocycles.